The molecule has 16 heavy (non-hydrogen) atoms. The lowest BCUT2D eigenvalue weighted by atomic mass is 10.1. The van der Waals surface area contributed by atoms with Crippen molar-refractivity contribution in [3.63, 3.8) is 0 Å². The molecule has 0 atom stereocenters. The molecule has 86 valence electrons. The summed E-state index contributed by atoms with van der Waals surface area (Å²) in [5, 5.41) is 1.87. The van der Waals surface area contributed by atoms with E-state index in [0.29, 0.717) is 19.5 Å². The highest BCUT2D eigenvalue weighted by molar-refractivity contribution is 5.81. The Labute approximate surface area is 94.3 Å². The molecule has 5 heteroatoms. The first kappa shape index (κ1) is 10.9. The normalized spacial score (nSPS) is 15.3. The van der Waals surface area contributed by atoms with Crippen molar-refractivity contribution >= 4 is 11.6 Å². The number of carbonyl (C=O) groups excluding carboxylic acids is 1. The van der Waals surface area contributed by atoms with Crippen molar-refractivity contribution in [3.05, 3.63) is 29.8 Å². The first-order chi connectivity index (χ1) is 7.81. The number of benzene rings is 1. The first-order valence-electron chi connectivity index (χ1n) is 5.22. The molecule has 2 N–H and O–H groups in total. The van der Waals surface area contributed by atoms with E-state index in [4.69, 9.17) is 4.84 Å². The average Bonchev–Trinajstić information content (AvgIpc) is 2.73. The second-order valence-electron chi connectivity index (χ2n) is 3.59. The van der Waals surface area contributed by atoms with Crippen LogP contribution in [0.2, 0.25) is 0 Å². The number of carbonyl (C=O) groups is 1. The monoisotopic (exact) mass is 221 g/mol. The molecule has 0 saturated carbocycles. The molecule has 1 amide bonds. The maximum atomic E-state index is 11.2. The van der Waals surface area contributed by atoms with Crippen molar-refractivity contribution in [2.24, 2.45) is 0 Å². The van der Waals surface area contributed by atoms with Crippen LogP contribution in [0.3, 0.4) is 0 Å². The van der Waals surface area contributed by atoms with Gasteiger partial charge in [0.05, 0.1) is 12.8 Å². The third kappa shape index (κ3) is 2.32. The summed E-state index contributed by atoms with van der Waals surface area (Å²) >= 11 is 0. The molecule has 1 heterocycles. The van der Waals surface area contributed by atoms with Crippen LogP contribution < -0.4 is 15.9 Å². The van der Waals surface area contributed by atoms with Gasteiger partial charge in [0.15, 0.2) is 0 Å². The van der Waals surface area contributed by atoms with Gasteiger partial charge in [-0.05, 0) is 11.6 Å². The summed E-state index contributed by atoms with van der Waals surface area (Å²) in [6, 6.07) is 7.91. The van der Waals surface area contributed by atoms with Crippen molar-refractivity contribution in [2.75, 3.05) is 18.7 Å². The smallest absolute Gasteiger partial charge is 0.240 e. The van der Waals surface area contributed by atoms with Crippen molar-refractivity contribution in [1.82, 2.24) is 10.9 Å². The van der Waals surface area contributed by atoms with Crippen LogP contribution in [0.25, 0.3) is 0 Å². The zero-order chi connectivity index (χ0) is 11.4. The summed E-state index contributed by atoms with van der Waals surface area (Å²) in [5.74, 6) is 0.0644. The Kier molecular flexibility index (Phi) is 3.38. The van der Waals surface area contributed by atoms with E-state index in [1.165, 1.54) is 0 Å². The predicted octanol–water partition coefficient (Wildman–Crippen LogP) is 0.579. The van der Waals surface area contributed by atoms with Gasteiger partial charge in [0.25, 0.3) is 0 Å². The molecule has 5 nitrogen and oxygen atoms in total. The molecule has 1 fully saturated rings. The van der Waals surface area contributed by atoms with E-state index in [1.54, 1.807) is 7.11 Å². The Hall–Kier alpha value is -1.59. The second-order valence-corrected chi connectivity index (χ2v) is 3.59. The fourth-order valence-electron chi connectivity index (χ4n) is 1.73. The second kappa shape index (κ2) is 4.96. The summed E-state index contributed by atoms with van der Waals surface area (Å²) in [6.07, 6.45) is 0.548. The van der Waals surface area contributed by atoms with Gasteiger partial charge in [0.2, 0.25) is 5.91 Å². The number of nitrogens with zero attached hydrogens (tertiary/aromatic N) is 1. The maximum Gasteiger partial charge on any atom is 0.240 e. The van der Waals surface area contributed by atoms with E-state index in [-0.39, 0.29) is 5.91 Å². The molecule has 0 bridgehead atoms. The Balaban J connectivity index is 2.15. The maximum absolute atomic E-state index is 11.2. The number of para-hydroxylation sites is 1. The third-order valence-corrected chi connectivity index (χ3v) is 2.51. The Bertz CT molecular complexity index is 381. The zero-order valence-electron chi connectivity index (χ0n) is 9.19. The van der Waals surface area contributed by atoms with Gasteiger partial charge in [-0.1, -0.05) is 18.2 Å². The van der Waals surface area contributed by atoms with E-state index in [0.717, 1.165) is 11.3 Å². The number of anilines is 1. The summed E-state index contributed by atoms with van der Waals surface area (Å²) in [5.41, 5.74) is 7.71. The quantitative estimate of drug-likeness (QED) is 0.730. The van der Waals surface area contributed by atoms with Crippen LogP contribution in [-0.2, 0) is 16.2 Å². The molecular weight excluding hydrogens is 206 g/mol. The van der Waals surface area contributed by atoms with Crippen molar-refractivity contribution in [3.8, 4) is 0 Å². The molecule has 1 aromatic rings. The van der Waals surface area contributed by atoms with Crippen molar-refractivity contribution < 1.29 is 9.63 Å². The van der Waals surface area contributed by atoms with Crippen LogP contribution in [0.15, 0.2) is 24.3 Å². The molecule has 0 unspecified atom stereocenters. The molecule has 0 spiro atoms. The summed E-state index contributed by atoms with van der Waals surface area (Å²) < 4.78 is 0. The largest absolute Gasteiger partial charge is 0.305 e. The van der Waals surface area contributed by atoms with Gasteiger partial charge >= 0.3 is 0 Å². The summed E-state index contributed by atoms with van der Waals surface area (Å²) in [7, 11) is 1.58. The Morgan fingerprint density at radius 3 is 3.00 bits per heavy atom. The fourth-order valence-corrected chi connectivity index (χ4v) is 1.73. The predicted molar refractivity (Wildman–Crippen MR) is 60.4 cm³/mol. The van der Waals surface area contributed by atoms with Crippen LogP contribution in [0.1, 0.15) is 12.0 Å². The summed E-state index contributed by atoms with van der Waals surface area (Å²) in [4.78, 5) is 16.0. The lowest BCUT2D eigenvalue weighted by molar-refractivity contribution is -0.119. The lowest BCUT2D eigenvalue weighted by Crippen LogP contribution is -2.34. The van der Waals surface area contributed by atoms with E-state index >= 15 is 0 Å². The van der Waals surface area contributed by atoms with Crippen LogP contribution in [0.4, 0.5) is 5.69 Å². The van der Waals surface area contributed by atoms with Crippen LogP contribution in [0, 0.1) is 0 Å². The molecule has 1 saturated heterocycles. The Morgan fingerprint density at radius 1 is 1.50 bits per heavy atom. The van der Waals surface area contributed by atoms with Gasteiger partial charge < -0.3 is 4.84 Å². The minimum atomic E-state index is 0.0644. The molecule has 2 rings (SSSR count). The molecule has 0 aliphatic carbocycles. The van der Waals surface area contributed by atoms with E-state index in [1.807, 2.05) is 29.3 Å². The Morgan fingerprint density at radius 2 is 2.31 bits per heavy atom. The van der Waals surface area contributed by atoms with E-state index < -0.39 is 0 Å². The minimum Gasteiger partial charge on any atom is -0.305 e. The number of hydroxylamine groups is 1. The highest BCUT2D eigenvalue weighted by atomic mass is 16.6. The van der Waals surface area contributed by atoms with E-state index in [9.17, 15) is 4.79 Å². The molecule has 0 radical (unpaired) electrons. The minimum absolute atomic E-state index is 0.0644. The molecule has 1 aliphatic heterocycles. The van der Waals surface area contributed by atoms with Gasteiger partial charge in [-0.15, -0.1) is 0 Å². The van der Waals surface area contributed by atoms with Crippen molar-refractivity contribution in [2.45, 2.75) is 13.0 Å². The number of hydrogen-bond acceptors (Lipinski definition) is 4. The van der Waals surface area contributed by atoms with E-state index in [2.05, 4.69) is 10.9 Å². The molecular formula is C11H15N3O2. The van der Waals surface area contributed by atoms with Crippen molar-refractivity contribution in [1.29, 1.82) is 0 Å². The van der Waals surface area contributed by atoms with Gasteiger partial charge in [0, 0.05) is 19.5 Å². The first-order valence-corrected chi connectivity index (χ1v) is 5.22. The number of nitrogens with one attached hydrogen (secondary N) is 2. The third-order valence-electron chi connectivity index (χ3n) is 2.51. The highest BCUT2D eigenvalue weighted by Crippen LogP contribution is 2.21. The number of rotatable bonds is 4. The molecule has 1 aliphatic rings. The van der Waals surface area contributed by atoms with Gasteiger partial charge in [-0.25, -0.2) is 0 Å². The topological polar surface area (TPSA) is 53.6 Å². The fraction of sp³-hybridized carbons (Fsp3) is 0.364. The highest BCUT2D eigenvalue weighted by Gasteiger charge is 2.20. The zero-order valence-corrected chi connectivity index (χ0v) is 9.19. The standard InChI is InChI=1S/C11H15N3O2/c1-16-12-8-9-4-2-3-5-10(9)14-7-6-11(15)13-14/h2-5,12H,6-8H2,1H3,(H,13,15). The number of hydrogen-bond donors (Lipinski definition) is 2. The van der Waals surface area contributed by atoms with Crippen LogP contribution in [-0.4, -0.2) is 19.6 Å². The van der Waals surface area contributed by atoms with Gasteiger partial charge in [0.1, 0.15) is 0 Å². The van der Waals surface area contributed by atoms with Crippen LogP contribution in [0.5, 0.6) is 0 Å². The number of hydrazine groups is 1. The summed E-state index contributed by atoms with van der Waals surface area (Å²) in [6.45, 7) is 1.32. The van der Waals surface area contributed by atoms with Crippen LogP contribution >= 0.6 is 0 Å². The number of amides is 1. The molecule has 0 aromatic heterocycles. The van der Waals surface area contributed by atoms with Gasteiger partial charge in [-0.2, -0.15) is 5.48 Å². The lowest BCUT2D eigenvalue weighted by Gasteiger charge is -2.20. The van der Waals surface area contributed by atoms with Gasteiger partial charge in [-0.3, -0.25) is 15.2 Å². The average molecular weight is 221 g/mol. The molecule has 1 aromatic carbocycles. The SMILES string of the molecule is CONCc1ccccc1N1CCC(=O)N1.